The van der Waals surface area contributed by atoms with Crippen LogP contribution in [-0.4, -0.2) is 34.7 Å². The first-order chi connectivity index (χ1) is 9.67. The first-order valence-corrected chi connectivity index (χ1v) is 9.72. The summed E-state index contributed by atoms with van der Waals surface area (Å²) in [5.41, 5.74) is 1.42. The van der Waals surface area contributed by atoms with Crippen molar-refractivity contribution in [1.29, 1.82) is 0 Å². The van der Waals surface area contributed by atoms with Gasteiger partial charge in [-0.15, -0.1) is 5.10 Å². The van der Waals surface area contributed by atoms with Gasteiger partial charge in [0.1, 0.15) is 0 Å². The summed E-state index contributed by atoms with van der Waals surface area (Å²) in [6.07, 6.45) is 5.08. The molecular formula is C10H10BrN6OPS. The number of pyridine rings is 1. The molecule has 0 aliphatic carbocycles. The fraction of sp³-hybridized carbons (Fsp3) is 0.100. The third kappa shape index (κ3) is 2.61. The minimum atomic E-state index is -1.11. The lowest BCUT2D eigenvalue weighted by molar-refractivity contribution is 0.681. The molecule has 3 heterocycles. The second-order valence-electron chi connectivity index (χ2n) is 3.77. The number of hydrogen-bond donors (Lipinski definition) is 1. The molecule has 0 saturated carbocycles. The summed E-state index contributed by atoms with van der Waals surface area (Å²) < 4.78 is 15.6. The summed E-state index contributed by atoms with van der Waals surface area (Å²) >= 11 is 3.42. The van der Waals surface area contributed by atoms with E-state index in [2.05, 4.69) is 36.4 Å². The van der Waals surface area contributed by atoms with E-state index in [1.54, 1.807) is 16.9 Å². The molecule has 0 aliphatic heterocycles. The van der Waals surface area contributed by atoms with Crippen LogP contribution in [0.4, 0.5) is 11.6 Å². The summed E-state index contributed by atoms with van der Waals surface area (Å²) in [5.74, 6) is 0.459. The molecule has 2 unspecified atom stereocenters. The number of anilines is 2. The molecule has 104 valence electrons. The van der Waals surface area contributed by atoms with Crippen LogP contribution in [0.3, 0.4) is 0 Å². The summed E-state index contributed by atoms with van der Waals surface area (Å²) in [5, 5.41) is 11.4. The molecule has 0 bridgehead atoms. The molecule has 0 aromatic carbocycles. The molecule has 3 aromatic heterocycles. The van der Waals surface area contributed by atoms with E-state index in [0.717, 1.165) is 10.1 Å². The van der Waals surface area contributed by atoms with Crippen LogP contribution in [0, 0.1) is 0 Å². The van der Waals surface area contributed by atoms with E-state index in [9.17, 15) is 4.21 Å². The van der Waals surface area contributed by atoms with E-state index in [-0.39, 0.29) is 7.78 Å². The quantitative estimate of drug-likeness (QED) is 0.710. The standard InChI is InChI=1S/C10H10BrN6OPS/c1-19-20(18)17-6-7(5-12-17)13-10-14-9-8(11)3-2-4-16(9)15-10/h2-6,19H,1H3,(H,13,15). The minimum absolute atomic E-state index is 0.284. The van der Waals surface area contributed by atoms with Crippen molar-refractivity contribution in [2.24, 2.45) is 0 Å². The molecule has 1 N–H and O–H groups in total. The molecule has 2 atom stereocenters. The van der Waals surface area contributed by atoms with E-state index < -0.39 is 10.6 Å². The predicted octanol–water partition coefficient (Wildman–Crippen LogP) is 2.17. The molecule has 7 nitrogen and oxygen atoms in total. The van der Waals surface area contributed by atoms with Crippen LogP contribution in [0.2, 0.25) is 0 Å². The third-order valence-electron chi connectivity index (χ3n) is 2.48. The van der Waals surface area contributed by atoms with Crippen LogP contribution >= 0.6 is 23.7 Å². The van der Waals surface area contributed by atoms with Crippen LogP contribution in [0.1, 0.15) is 0 Å². The lowest BCUT2D eigenvalue weighted by Crippen LogP contribution is -1.98. The van der Waals surface area contributed by atoms with Gasteiger partial charge in [0.25, 0.3) is 0 Å². The lowest BCUT2D eigenvalue weighted by Gasteiger charge is -1.96. The fourth-order valence-corrected chi connectivity index (χ4v) is 3.42. The predicted molar refractivity (Wildman–Crippen MR) is 84.0 cm³/mol. The molecule has 0 aliphatic rings. The molecular weight excluding hydrogens is 363 g/mol. The Hall–Kier alpha value is -1.31. The highest BCUT2D eigenvalue weighted by Crippen LogP contribution is 2.20. The van der Waals surface area contributed by atoms with Crippen molar-refractivity contribution < 1.29 is 4.21 Å². The smallest absolute Gasteiger partial charge is 0.247 e. The van der Waals surface area contributed by atoms with Gasteiger partial charge in [-0.05, 0) is 42.5 Å². The SMILES string of the molecule is CPS(=O)n1cc(Nc2nc3c(Br)cccn3n2)cn1. The highest BCUT2D eigenvalue weighted by atomic mass is 79.9. The number of fused-ring (bicyclic) bond motifs is 1. The number of nitrogens with zero attached hydrogens (tertiary/aromatic N) is 5. The maximum Gasteiger partial charge on any atom is 0.247 e. The monoisotopic (exact) mass is 372 g/mol. The Bertz CT molecular complexity index is 787. The fourth-order valence-electron chi connectivity index (χ4n) is 1.61. The Morgan fingerprint density at radius 2 is 2.35 bits per heavy atom. The van der Waals surface area contributed by atoms with Gasteiger partial charge in [-0.1, -0.05) is 0 Å². The van der Waals surface area contributed by atoms with Crippen LogP contribution in [-0.2, 0) is 10.6 Å². The van der Waals surface area contributed by atoms with E-state index >= 15 is 0 Å². The zero-order valence-electron chi connectivity index (χ0n) is 10.3. The Morgan fingerprint density at radius 3 is 3.10 bits per heavy atom. The maximum absolute atomic E-state index is 11.6. The Balaban J connectivity index is 1.87. The minimum Gasteiger partial charge on any atom is -0.320 e. The summed E-state index contributed by atoms with van der Waals surface area (Å²) in [7, 11) is -0.822. The van der Waals surface area contributed by atoms with Crippen molar-refractivity contribution in [3.05, 3.63) is 35.2 Å². The molecule has 0 saturated heterocycles. The summed E-state index contributed by atoms with van der Waals surface area (Å²) in [6, 6.07) is 3.77. The molecule has 10 heteroatoms. The van der Waals surface area contributed by atoms with Crippen molar-refractivity contribution in [1.82, 2.24) is 23.8 Å². The molecule has 0 fully saturated rings. The molecule has 20 heavy (non-hydrogen) atoms. The first kappa shape index (κ1) is 13.7. The average Bonchev–Trinajstić information content (AvgIpc) is 3.05. The van der Waals surface area contributed by atoms with Crippen LogP contribution in [0.25, 0.3) is 5.65 Å². The number of hydrogen-bond acceptors (Lipinski definition) is 5. The van der Waals surface area contributed by atoms with Gasteiger partial charge in [-0.25, -0.2) is 8.72 Å². The van der Waals surface area contributed by atoms with Crippen molar-refractivity contribution in [3.63, 3.8) is 0 Å². The molecule has 0 amide bonds. The van der Waals surface area contributed by atoms with Crippen molar-refractivity contribution in [2.75, 3.05) is 12.0 Å². The van der Waals surface area contributed by atoms with E-state index in [1.807, 2.05) is 25.0 Å². The van der Waals surface area contributed by atoms with Gasteiger partial charge in [0.2, 0.25) is 5.95 Å². The second kappa shape index (κ2) is 5.59. The third-order valence-corrected chi connectivity index (χ3v) is 5.59. The van der Waals surface area contributed by atoms with E-state index in [1.165, 1.54) is 4.09 Å². The highest BCUT2D eigenvalue weighted by Gasteiger charge is 2.08. The molecule has 3 rings (SSSR count). The molecule has 0 radical (unpaired) electrons. The van der Waals surface area contributed by atoms with Crippen molar-refractivity contribution in [3.8, 4) is 0 Å². The zero-order valence-corrected chi connectivity index (χ0v) is 13.7. The topological polar surface area (TPSA) is 77.1 Å². The van der Waals surface area contributed by atoms with Gasteiger partial charge in [0.05, 0.1) is 22.6 Å². The van der Waals surface area contributed by atoms with Gasteiger partial charge < -0.3 is 5.32 Å². The van der Waals surface area contributed by atoms with Gasteiger partial charge in [0, 0.05) is 6.20 Å². The normalized spacial score (nSPS) is 13.3. The van der Waals surface area contributed by atoms with Gasteiger partial charge in [0.15, 0.2) is 16.3 Å². The van der Waals surface area contributed by atoms with Gasteiger partial charge >= 0.3 is 0 Å². The lowest BCUT2D eigenvalue weighted by atomic mass is 10.5. The Morgan fingerprint density at radius 1 is 1.50 bits per heavy atom. The van der Waals surface area contributed by atoms with Crippen molar-refractivity contribution in [2.45, 2.75) is 0 Å². The van der Waals surface area contributed by atoms with Crippen LogP contribution in [0.5, 0.6) is 0 Å². The largest absolute Gasteiger partial charge is 0.320 e. The first-order valence-electron chi connectivity index (χ1n) is 5.59. The van der Waals surface area contributed by atoms with Gasteiger partial charge in [-0.3, -0.25) is 0 Å². The number of nitrogens with one attached hydrogen (secondary N) is 1. The molecule has 0 spiro atoms. The van der Waals surface area contributed by atoms with Crippen LogP contribution < -0.4 is 5.32 Å². The number of aromatic nitrogens is 5. The average molecular weight is 373 g/mol. The Kier molecular flexibility index (Phi) is 3.82. The zero-order chi connectivity index (χ0) is 14.1. The van der Waals surface area contributed by atoms with Crippen LogP contribution in [0.15, 0.2) is 35.2 Å². The Labute approximate surface area is 127 Å². The summed E-state index contributed by atoms with van der Waals surface area (Å²) in [4.78, 5) is 4.36. The summed E-state index contributed by atoms with van der Waals surface area (Å²) in [6.45, 7) is 1.87. The number of halogens is 1. The second-order valence-corrected chi connectivity index (χ2v) is 8.18. The van der Waals surface area contributed by atoms with E-state index in [0.29, 0.717) is 11.6 Å². The van der Waals surface area contributed by atoms with Gasteiger partial charge in [-0.2, -0.15) is 14.2 Å². The molecule has 3 aromatic rings. The highest BCUT2D eigenvalue weighted by molar-refractivity contribution is 9.10. The maximum atomic E-state index is 11.6. The van der Waals surface area contributed by atoms with Crippen molar-refractivity contribution >= 4 is 51.6 Å². The van der Waals surface area contributed by atoms with E-state index in [4.69, 9.17) is 0 Å². The number of rotatable bonds is 4.